The van der Waals surface area contributed by atoms with Crippen LogP contribution in [-0.4, -0.2) is 7.05 Å². The molecule has 2 aromatic carbocycles. The maximum atomic E-state index is 13.7. The fourth-order valence-corrected chi connectivity index (χ4v) is 2.32. The predicted molar refractivity (Wildman–Crippen MR) is 78.4 cm³/mol. The maximum Gasteiger partial charge on any atom is 0.126 e. The molecule has 0 saturated heterocycles. The molecule has 0 amide bonds. The molecule has 0 spiro atoms. The molecule has 0 bridgehead atoms. The third-order valence-corrected chi connectivity index (χ3v) is 3.54. The van der Waals surface area contributed by atoms with Gasteiger partial charge < -0.3 is 5.32 Å². The SMILES string of the molecule is CNC(Cc1cc(Cl)ccc1F)c1ccc(Cl)cc1. The second kappa shape index (κ2) is 6.38. The highest BCUT2D eigenvalue weighted by molar-refractivity contribution is 6.30. The van der Waals surface area contributed by atoms with Crippen LogP contribution in [0, 0.1) is 5.82 Å². The van der Waals surface area contributed by atoms with E-state index in [9.17, 15) is 4.39 Å². The summed E-state index contributed by atoms with van der Waals surface area (Å²) in [7, 11) is 1.85. The van der Waals surface area contributed by atoms with Crippen LogP contribution in [0.5, 0.6) is 0 Å². The molecule has 0 aliphatic carbocycles. The molecule has 1 atom stereocenters. The van der Waals surface area contributed by atoms with Crippen LogP contribution in [0.1, 0.15) is 17.2 Å². The van der Waals surface area contributed by atoms with Crippen LogP contribution < -0.4 is 5.32 Å². The summed E-state index contributed by atoms with van der Waals surface area (Å²) < 4.78 is 13.7. The molecule has 19 heavy (non-hydrogen) atoms. The fourth-order valence-electron chi connectivity index (χ4n) is 2.00. The van der Waals surface area contributed by atoms with Crippen molar-refractivity contribution < 1.29 is 4.39 Å². The molecule has 0 radical (unpaired) electrons. The first-order valence-corrected chi connectivity index (χ1v) is 6.72. The van der Waals surface area contributed by atoms with Gasteiger partial charge in [0.25, 0.3) is 0 Å². The van der Waals surface area contributed by atoms with Crippen LogP contribution in [0.15, 0.2) is 42.5 Å². The average Bonchev–Trinajstić information content (AvgIpc) is 2.41. The van der Waals surface area contributed by atoms with E-state index in [1.807, 2.05) is 31.3 Å². The first kappa shape index (κ1) is 14.3. The summed E-state index contributed by atoms with van der Waals surface area (Å²) in [6, 6.07) is 12.2. The minimum absolute atomic E-state index is 0.0187. The van der Waals surface area contributed by atoms with Crippen molar-refractivity contribution in [1.29, 1.82) is 0 Å². The Labute approximate surface area is 122 Å². The van der Waals surface area contributed by atoms with Crippen molar-refractivity contribution in [3.8, 4) is 0 Å². The van der Waals surface area contributed by atoms with Gasteiger partial charge in [0.2, 0.25) is 0 Å². The molecule has 0 aliphatic heterocycles. The minimum atomic E-state index is -0.237. The summed E-state index contributed by atoms with van der Waals surface area (Å²) in [6.45, 7) is 0. The van der Waals surface area contributed by atoms with Crippen LogP contribution in [0.2, 0.25) is 10.0 Å². The van der Waals surface area contributed by atoms with E-state index in [2.05, 4.69) is 5.32 Å². The van der Waals surface area contributed by atoms with Gasteiger partial charge in [-0.15, -0.1) is 0 Å². The molecule has 4 heteroatoms. The minimum Gasteiger partial charge on any atom is -0.313 e. The highest BCUT2D eigenvalue weighted by Crippen LogP contribution is 2.23. The number of halogens is 3. The molecule has 2 aromatic rings. The average molecular weight is 298 g/mol. The zero-order valence-electron chi connectivity index (χ0n) is 10.5. The Morgan fingerprint density at radius 3 is 2.32 bits per heavy atom. The van der Waals surface area contributed by atoms with Gasteiger partial charge in [0.1, 0.15) is 5.82 Å². The summed E-state index contributed by atoms with van der Waals surface area (Å²) in [6.07, 6.45) is 0.532. The summed E-state index contributed by atoms with van der Waals surface area (Å²) >= 11 is 11.8. The van der Waals surface area contributed by atoms with Crippen molar-refractivity contribution in [1.82, 2.24) is 5.32 Å². The molecule has 0 aromatic heterocycles. The Bertz CT molecular complexity index is 555. The third-order valence-electron chi connectivity index (χ3n) is 3.05. The number of hydrogen-bond acceptors (Lipinski definition) is 1. The second-order valence-electron chi connectivity index (χ2n) is 4.33. The molecule has 100 valence electrons. The van der Waals surface area contributed by atoms with Crippen LogP contribution in [-0.2, 0) is 6.42 Å². The van der Waals surface area contributed by atoms with Crippen molar-refractivity contribution in [2.45, 2.75) is 12.5 Å². The molecular weight excluding hydrogens is 284 g/mol. The lowest BCUT2D eigenvalue weighted by molar-refractivity contribution is 0.554. The molecule has 0 heterocycles. The largest absolute Gasteiger partial charge is 0.313 e. The molecule has 1 nitrogen and oxygen atoms in total. The first-order valence-electron chi connectivity index (χ1n) is 5.97. The van der Waals surface area contributed by atoms with Gasteiger partial charge in [-0.05, 0) is 54.9 Å². The van der Waals surface area contributed by atoms with E-state index in [0.717, 1.165) is 5.56 Å². The summed E-state index contributed by atoms with van der Waals surface area (Å²) in [4.78, 5) is 0. The number of nitrogens with one attached hydrogen (secondary N) is 1. The van der Waals surface area contributed by atoms with E-state index in [4.69, 9.17) is 23.2 Å². The lowest BCUT2D eigenvalue weighted by Crippen LogP contribution is -2.19. The number of benzene rings is 2. The monoisotopic (exact) mass is 297 g/mol. The Morgan fingerprint density at radius 2 is 1.68 bits per heavy atom. The van der Waals surface area contributed by atoms with Gasteiger partial charge >= 0.3 is 0 Å². The molecule has 1 unspecified atom stereocenters. The second-order valence-corrected chi connectivity index (χ2v) is 5.21. The number of rotatable bonds is 4. The van der Waals surface area contributed by atoms with E-state index in [1.54, 1.807) is 12.1 Å². The Kier molecular flexibility index (Phi) is 4.81. The molecule has 0 fully saturated rings. The smallest absolute Gasteiger partial charge is 0.126 e. The first-order chi connectivity index (χ1) is 9.10. The third kappa shape index (κ3) is 3.69. The van der Waals surface area contributed by atoms with Gasteiger partial charge in [0.15, 0.2) is 0 Å². The highest BCUT2D eigenvalue weighted by Gasteiger charge is 2.13. The number of hydrogen-bond donors (Lipinski definition) is 1. The summed E-state index contributed by atoms with van der Waals surface area (Å²) in [5.74, 6) is -0.237. The van der Waals surface area contributed by atoms with Gasteiger partial charge in [-0.1, -0.05) is 35.3 Å². The van der Waals surface area contributed by atoms with Crippen LogP contribution in [0.25, 0.3) is 0 Å². The van der Waals surface area contributed by atoms with Gasteiger partial charge in [-0.3, -0.25) is 0 Å². The summed E-state index contributed by atoms with van der Waals surface area (Å²) in [5, 5.41) is 4.41. The molecule has 0 saturated carbocycles. The van der Waals surface area contributed by atoms with E-state index >= 15 is 0 Å². The molecule has 2 rings (SSSR count). The van der Waals surface area contributed by atoms with Crippen molar-refractivity contribution >= 4 is 23.2 Å². The van der Waals surface area contributed by atoms with Crippen molar-refractivity contribution in [3.05, 3.63) is 69.5 Å². The number of likely N-dealkylation sites (N-methyl/N-ethyl adjacent to an activating group) is 1. The van der Waals surface area contributed by atoms with Gasteiger partial charge in [0.05, 0.1) is 0 Å². The van der Waals surface area contributed by atoms with Crippen LogP contribution >= 0.6 is 23.2 Å². The Balaban J connectivity index is 2.23. The van der Waals surface area contributed by atoms with Crippen molar-refractivity contribution in [2.24, 2.45) is 0 Å². The highest BCUT2D eigenvalue weighted by atomic mass is 35.5. The van der Waals surface area contributed by atoms with E-state index < -0.39 is 0 Å². The predicted octanol–water partition coefficient (Wildman–Crippen LogP) is 4.64. The van der Waals surface area contributed by atoms with E-state index in [1.165, 1.54) is 6.07 Å². The topological polar surface area (TPSA) is 12.0 Å². The van der Waals surface area contributed by atoms with Crippen LogP contribution in [0.3, 0.4) is 0 Å². The lowest BCUT2D eigenvalue weighted by atomic mass is 9.99. The van der Waals surface area contributed by atoms with E-state index in [-0.39, 0.29) is 11.9 Å². The summed E-state index contributed by atoms with van der Waals surface area (Å²) in [5.41, 5.74) is 1.66. The van der Waals surface area contributed by atoms with E-state index in [0.29, 0.717) is 22.0 Å². The fraction of sp³-hybridized carbons (Fsp3) is 0.200. The van der Waals surface area contributed by atoms with Gasteiger partial charge in [0, 0.05) is 16.1 Å². The van der Waals surface area contributed by atoms with Crippen molar-refractivity contribution in [3.63, 3.8) is 0 Å². The zero-order chi connectivity index (χ0) is 13.8. The van der Waals surface area contributed by atoms with Gasteiger partial charge in [-0.25, -0.2) is 4.39 Å². The van der Waals surface area contributed by atoms with Gasteiger partial charge in [-0.2, -0.15) is 0 Å². The molecule has 0 aliphatic rings. The van der Waals surface area contributed by atoms with Crippen LogP contribution in [0.4, 0.5) is 4.39 Å². The zero-order valence-corrected chi connectivity index (χ0v) is 12.0. The Morgan fingerprint density at radius 1 is 1.05 bits per heavy atom. The standard InChI is InChI=1S/C15H14Cl2FN/c1-19-15(10-2-4-12(16)5-3-10)9-11-8-13(17)6-7-14(11)18/h2-8,15,19H,9H2,1H3. The Hall–Kier alpha value is -1.09. The maximum absolute atomic E-state index is 13.7. The normalized spacial score (nSPS) is 12.4. The molecule has 1 N–H and O–H groups in total. The van der Waals surface area contributed by atoms with Crippen molar-refractivity contribution in [2.75, 3.05) is 7.05 Å². The molecular formula is C15H14Cl2FN. The quantitative estimate of drug-likeness (QED) is 0.867. The lowest BCUT2D eigenvalue weighted by Gasteiger charge is -2.17.